The van der Waals surface area contributed by atoms with E-state index in [4.69, 9.17) is 13.9 Å². The molecule has 2 N–H and O–H groups in total. The van der Waals surface area contributed by atoms with Crippen LogP contribution in [0, 0.1) is 5.92 Å². The Kier molecular flexibility index (Phi) is 9.42. The molecule has 0 bridgehead atoms. The lowest BCUT2D eigenvalue weighted by atomic mass is 10.2. The SMILES string of the molecule is COC(=O)N[C@@H]1CCN(C(=O)c2nc(-c3ccc(OC(F)F)c(OCC4CC4)c3)oc2[C@@H](C)NC(=O)OC(C)(C)C)C1. The first-order valence-electron chi connectivity index (χ1n) is 13.7. The van der Waals surface area contributed by atoms with E-state index in [9.17, 15) is 23.2 Å². The minimum absolute atomic E-state index is 0.00879. The van der Waals surface area contributed by atoms with E-state index in [0.717, 1.165) is 12.8 Å². The number of amides is 3. The molecule has 2 aliphatic rings. The molecule has 42 heavy (non-hydrogen) atoms. The Morgan fingerprint density at radius 3 is 2.52 bits per heavy atom. The number of carbonyl (C=O) groups is 3. The fourth-order valence-electron chi connectivity index (χ4n) is 4.33. The third-order valence-corrected chi connectivity index (χ3v) is 6.54. The topological polar surface area (TPSA) is 141 Å². The number of aromatic nitrogens is 1. The first kappa shape index (κ1) is 30.8. The van der Waals surface area contributed by atoms with E-state index < -0.39 is 36.3 Å². The summed E-state index contributed by atoms with van der Waals surface area (Å²) in [5.41, 5.74) is -0.468. The molecule has 1 saturated carbocycles. The van der Waals surface area contributed by atoms with Gasteiger partial charge in [-0.2, -0.15) is 8.78 Å². The number of ether oxygens (including phenoxy) is 4. The van der Waals surface area contributed by atoms with Crippen LogP contribution in [0.4, 0.5) is 18.4 Å². The molecule has 4 rings (SSSR count). The number of halogens is 2. The van der Waals surface area contributed by atoms with Crippen molar-refractivity contribution in [3.63, 3.8) is 0 Å². The Balaban J connectivity index is 1.64. The number of oxazole rings is 1. The number of hydrogen-bond donors (Lipinski definition) is 2. The minimum atomic E-state index is -3.05. The van der Waals surface area contributed by atoms with Crippen molar-refractivity contribution in [2.45, 2.75) is 71.3 Å². The maximum atomic E-state index is 13.6. The van der Waals surface area contributed by atoms with E-state index in [2.05, 4.69) is 25.1 Å². The van der Waals surface area contributed by atoms with Crippen LogP contribution in [0.15, 0.2) is 22.6 Å². The molecule has 0 spiro atoms. The van der Waals surface area contributed by atoms with E-state index >= 15 is 0 Å². The number of rotatable bonds is 10. The van der Waals surface area contributed by atoms with Crippen LogP contribution < -0.4 is 20.1 Å². The fraction of sp³-hybridized carbons (Fsp3) is 0.571. The van der Waals surface area contributed by atoms with Gasteiger partial charge in [0.15, 0.2) is 23.0 Å². The van der Waals surface area contributed by atoms with E-state index in [1.165, 1.54) is 30.2 Å². The number of carbonyl (C=O) groups excluding carboxylic acids is 3. The standard InChI is InChI=1S/C28H36F2N4O8/c1-15(31-27(37)42-28(2,3)4)22-21(24(35)34-11-10-18(13-34)32-26(36)38-5)33-23(41-22)17-8-9-19(40-25(29)30)20(12-17)39-14-16-6-7-16/h8-9,12,15-16,18,25H,6-7,10-11,13-14H2,1-5H3,(H,31,37)(H,32,36)/t15-,18-/m1/s1. The highest BCUT2D eigenvalue weighted by Gasteiger charge is 2.34. The van der Waals surface area contributed by atoms with Crippen molar-refractivity contribution in [3.05, 3.63) is 29.7 Å². The van der Waals surface area contributed by atoms with Gasteiger partial charge in [0.25, 0.3) is 5.91 Å². The summed E-state index contributed by atoms with van der Waals surface area (Å²) in [6.45, 7) is 4.61. The van der Waals surface area contributed by atoms with Gasteiger partial charge in [0.2, 0.25) is 5.89 Å². The van der Waals surface area contributed by atoms with Gasteiger partial charge in [-0.15, -0.1) is 0 Å². The van der Waals surface area contributed by atoms with E-state index in [1.54, 1.807) is 27.7 Å². The molecule has 1 aromatic heterocycles. The summed E-state index contributed by atoms with van der Waals surface area (Å²) in [5, 5.41) is 5.34. The molecule has 12 nitrogen and oxygen atoms in total. The maximum Gasteiger partial charge on any atom is 0.408 e. The van der Waals surface area contributed by atoms with Gasteiger partial charge in [0, 0.05) is 18.7 Å². The second-order valence-electron chi connectivity index (χ2n) is 11.3. The summed E-state index contributed by atoms with van der Waals surface area (Å²) >= 11 is 0. The number of alkyl carbamates (subject to hydrolysis) is 2. The highest BCUT2D eigenvalue weighted by atomic mass is 19.3. The van der Waals surface area contributed by atoms with Gasteiger partial charge in [-0.25, -0.2) is 14.6 Å². The number of alkyl halides is 2. The number of benzene rings is 1. The average Bonchev–Trinajstić information content (AvgIpc) is 3.43. The zero-order valence-corrected chi connectivity index (χ0v) is 24.2. The molecule has 1 saturated heterocycles. The lowest BCUT2D eigenvalue weighted by molar-refractivity contribution is -0.0515. The van der Waals surface area contributed by atoms with Gasteiger partial charge in [-0.3, -0.25) is 4.79 Å². The Morgan fingerprint density at radius 2 is 1.88 bits per heavy atom. The number of nitrogens with one attached hydrogen (secondary N) is 2. The smallest absolute Gasteiger partial charge is 0.408 e. The number of likely N-dealkylation sites (tertiary alicyclic amines) is 1. The molecular weight excluding hydrogens is 558 g/mol. The van der Waals surface area contributed by atoms with Crippen LogP contribution in [0.5, 0.6) is 11.5 Å². The molecule has 1 aromatic carbocycles. The van der Waals surface area contributed by atoms with E-state index in [1.807, 2.05) is 0 Å². The minimum Gasteiger partial charge on any atom is -0.489 e. The molecule has 2 fully saturated rings. The van der Waals surface area contributed by atoms with Gasteiger partial charge < -0.3 is 38.9 Å². The monoisotopic (exact) mass is 594 g/mol. The predicted molar refractivity (Wildman–Crippen MR) is 144 cm³/mol. The Labute approximate surface area is 242 Å². The third kappa shape index (κ3) is 8.23. The zero-order valence-electron chi connectivity index (χ0n) is 24.2. The largest absolute Gasteiger partial charge is 0.489 e. The Hall–Kier alpha value is -4.10. The molecule has 1 aliphatic heterocycles. The molecule has 0 unspecified atom stereocenters. The van der Waals surface area contributed by atoms with Crippen LogP contribution in [-0.4, -0.2) is 73.0 Å². The van der Waals surface area contributed by atoms with Crippen LogP contribution in [-0.2, 0) is 9.47 Å². The van der Waals surface area contributed by atoms with Crippen molar-refractivity contribution in [3.8, 4) is 23.0 Å². The fourth-order valence-corrected chi connectivity index (χ4v) is 4.33. The molecule has 3 amide bonds. The van der Waals surface area contributed by atoms with Crippen LogP contribution in [0.1, 0.15) is 69.2 Å². The van der Waals surface area contributed by atoms with Crippen molar-refractivity contribution in [2.24, 2.45) is 5.92 Å². The van der Waals surface area contributed by atoms with Crippen LogP contribution in [0.3, 0.4) is 0 Å². The summed E-state index contributed by atoms with van der Waals surface area (Å²) in [4.78, 5) is 43.8. The first-order chi connectivity index (χ1) is 19.8. The third-order valence-electron chi connectivity index (χ3n) is 6.54. The average molecular weight is 595 g/mol. The van der Waals surface area contributed by atoms with Crippen LogP contribution >= 0.6 is 0 Å². The molecule has 2 heterocycles. The van der Waals surface area contributed by atoms with Crippen molar-refractivity contribution >= 4 is 18.1 Å². The van der Waals surface area contributed by atoms with Gasteiger partial charge in [0.05, 0.1) is 25.8 Å². The molecule has 14 heteroatoms. The number of nitrogens with zero attached hydrogens (tertiary/aromatic N) is 2. The van der Waals surface area contributed by atoms with Crippen molar-refractivity contribution < 1.29 is 46.5 Å². The van der Waals surface area contributed by atoms with Crippen molar-refractivity contribution in [1.82, 2.24) is 20.5 Å². The summed E-state index contributed by atoms with van der Waals surface area (Å²) in [6, 6.07) is 3.09. The van der Waals surface area contributed by atoms with Gasteiger partial charge in [0.1, 0.15) is 5.60 Å². The molecular formula is C28H36F2N4O8. The number of methoxy groups -OCH3 is 1. The summed E-state index contributed by atoms with van der Waals surface area (Å²) < 4.78 is 52.4. The molecule has 230 valence electrons. The van der Waals surface area contributed by atoms with Crippen molar-refractivity contribution in [2.75, 3.05) is 26.8 Å². The molecule has 1 aliphatic carbocycles. The Morgan fingerprint density at radius 1 is 1.14 bits per heavy atom. The molecule has 2 aromatic rings. The zero-order chi connectivity index (χ0) is 30.6. The lowest BCUT2D eigenvalue weighted by Gasteiger charge is -2.22. The predicted octanol–water partition coefficient (Wildman–Crippen LogP) is 4.89. The van der Waals surface area contributed by atoms with Gasteiger partial charge >= 0.3 is 18.8 Å². The lowest BCUT2D eigenvalue weighted by Crippen LogP contribution is -2.39. The van der Waals surface area contributed by atoms with E-state index in [-0.39, 0.29) is 41.4 Å². The van der Waals surface area contributed by atoms with E-state index in [0.29, 0.717) is 31.1 Å². The van der Waals surface area contributed by atoms with Crippen LogP contribution in [0.25, 0.3) is 11.5 Å². The highest BCUT2D eigenvalue weighted by Crippen LogP contribution is 2.37. The van der Waals surface area contributed by atoms with Crippen molar-refractivity contribution in [1.29, 1.82) is 0 Å². The van der Waals surface area contributed by atoms with Crippen LogP contribution in [0.2, 0.25) is 0 Å². The normalized spacial score (nSPS) is 17.5. The van der Waals surface area contributed by atoms with Gasteiger partial charge in [-0.1, -0.05) is 0 Å². The first-order valence-corrected chi connectivity index (χ1v) is 13.7. The highest BCUT2D eigenvalue weighted by molar-refractivity contribution is 5.94. The summed E-state index contributed by atoms with van der Waals surface area (Å²) in [7, 11) is 1.25. The second-order valence-corrected chi connectivity index (χ2v) is 11.3. The maximum absolute atomic E-state index is 13.6. The molecule has 0 radical (unpaired) electrons. The van der Waals surface area contributed by atoms with Gasteiger partial charge in [-0.05, 0) is 71.1 Å². The quantitative estimate of drug-likeness (QED) is 0.393. The second kappa shape index (κ2) is 12.8. The summed E-state index contributed by atoms with van der Waals surface area (Å²) in [5.74, 6) is -0.103. The number of hydrogen-bond acceptors (Lipinski definition) is 9. The summed E-state index contributed by atoms with van der Waals surface area (Å²) in [6.07, 6.45) is 1.16. The molecule has 2 atom stereocenters. The Bertz CT molecular complexity index is 1290.